The summed E-state index contributed by atoms with van der Waals surface area (Å²) in [6.45, 7) is 8.77. The summed E-state index contributed by atoms with van der Waals surface area (Å²) in [5.74, 6) is 0.888. The molecule has 0 aliphatic heterocycles. The van der Waals surface area contributed by atoms with Gasteiger partial charge in [0.25, 0.3) is 5.24 Å². The van der Waals surface area contributed by atoms with Crippen LogP contribution in [0.1, 0.15) is 30.5 Å². The van der Waals surface area contributed by atoms with Gasteiger partial charge in [-0.2, -0.15) is 0 Å². The second-order valence-corrected chi connectivity index (χ2v) is 5.61. The number of methoxy groups -OCH3 is 1. The highest BCUT2D eigenvalue weighted by atomic mass is 32.1. The summed E-state index contributed by atoms with van der Waals surface area (Å²) < 4.78 is 5.49. The number of ether oxygens (including phenoxy) is 1. The van der Waals surface area contributed by atoms with Crippen molar-refractivity contribution in [2.45, 2.75) is 33.1 Å². The van der Waals surface area contributed by atoms with Crippen LogP contribution in [-0.2, 0) is 5.41 Å². The second-order valence-electron chi connectivity index (χ2n) is 5.21. The molecule has 0 aliphatic rings. The SMILES string of the molecule is COc1c(C)cc(C)cc1C(C)(C)CNC(=O)S. The first kappa shape index (κ1) is 14.9. The van der Waals surface area contributed by atoms with E-state index in [0.29, 0.717) is 6.54 Å². The first-order valence-corrected chi connectivity index (χ1v) is 6.35. The third-order valence-corrected chi connectivity index (χ3v) is 3.19. The van der Waals surface area contributed by atoms with Crippen LogP contribution in [0, 0.1) is 13.8 Å². The van der Waals surface area contributed by atoms with Crippen LogP contribution >= 0.6 is 12.6 Å². The van der Waals surface area contributed by atoms with E-state index in [1.54, 1.807) is 7.11 Å². The van der Waals surface area contributed by atoms with Crippen LogP contribution in [0.25, 0.3) is 0 Å². The smallest absolute Gasteiger partial charge is 0.276 e. The van der Waals surface area contributed by atoms with Gasteiger partial charge in [-0.1, -0.05) is 44.2 Å². The van der Waals surface area contributed by atoms with Gasteiger partial charge in [-0.05, 0) is 19.4 Å². The van der Waals surface area contributed by atoms with Crippen LogP contribution in [0.5, 0.6) is 5.75 Å². The van der Waals surface area contributed by atoms with Crippen molar-refractivity contribution in [3.63, 3.8) is 0 Å². The van der Waals surface area contributed by atoms with Gasteiger partial charge >= 0.3 is 0 Å². The summed E-state index contributed by atoms with van der Waals surface area (Å²) in [5.41, 5.74) is 3.19. The number of aryl methyl sites for hydroxylation is 2. The molecular formula is C14H21NO2S. The Morgan fingerprint density at radius 1 is 1.39 bits per heavy atom. The van der Waals surface area contributed by atoms with Gasteiger partial charge in [-0.3, -0.25) is 4.79 Å². The molecule has 4 heteroatoms. The lowest BCUT2D eigenvalue weighted by molar-refractivity contribution is 0.258. The van der Waals surface area contributed by atoms with E-state index in [4.69, 9.17) is 4.74 Å². The van der Waals surface area contributed by atoms with E-state index in [0.717, 1.165) is 16.9 Å². The maximum absolute atomic E-state index is 10.9. The maximum atomic E-state index is 10.9. The predicted octanol–water partition coefficient (Wildman–Crippen LogP) is 3.23. The molecule has 100 valence electrons. The average Bonchev–Trinajstić information content (AvgIpc) is 2.25. The summed E-state index contributed by atoms with van der Waals surface area (Å²) in [4.78, 5) is 10.9. The third kappa shape index (κ3) is 3.42. The largest absolute Gasteiger partial charge is 0.496 e. The molecule has 0 spiro atoms. The molecule has 0 aromatic heterocycles. The second kappa shape index (κ2) is 5.65. The molecular weight excluding hydrogens is 246 g/mol. The van der Waals surface area contributed by atoms with Crippen molar-refractivity contribution in [1.29, 1.82) is 0 Å². The average molecular weight is 267 g/mol. The molecule has 18 heavy (non-hydrogen) atoms. The minimum Gasteiger partial charge on any atom is -0.496 e. The van der Waals surface area contributed by atoms with E-state index in [1.165, 1.54) is 5.56 Å². The summed E-state index contributed by atoms with van der Waals surface area (Å²) in [6, 6.07) is 4.20. The van der Waals surface area contributed by atoms with Crippen LogP contribution in [-0.4, -0.2) is 18.9 Å². The number of rotatable bonds is 4. The van der Waals surface area contributed by atoms with Crippen LogP contribution < -0.4 is 10.1 Å². The van der Waals surface area contributed by atoms with Crippen molar-refractivity contribution < 1.29 is 9.53 Å². The highest BCUT2D eigenvalue weighted by molar-refractivity contribution is 7.96. The highest BCUT2D eigenvalue weighted by Crippen LogP contribution is 2.34. The molecule has 1 aromatic carbocycles. The molecule has 1 amide bonds. The van der Waals surface area contributed by atoms with Gasteiger partial charge in [0.05, 0.1) is 7.11 Å². The van der Waals surface area contributed by atoms with Gasteiger partial charge in [-0.25, -0.2) is 0 Å². The standard InChI is InChI=1S/C14H21NO2S/c1-9-6-10(2)12(17-5)11(7-9)14(3,4)8-15-13(16)18/h6-7H,8H2,1-5H3,(H2,15,16,18). The monoisotopic (exact) mass is 267 g/mol. The lowest BCUT2D eigenvalue weighted by atomic mass is 9.82. The molecule has 1 N–H and O–H groups in total. The van der Waals surface area contributed by atoms with E-state index in [1.807, 2.05) is 6.92 Å². The first-order chi connectivity index (χ1) is 8.27. The van der Waals surface area contributed by atoms with E-state index in [2.05, 4.69) is 50.8 Å². The maximum Gasteiger partial charge on any atom is 0.276 e. The summed E-state index contributed by atoms with van der Waals surface area (Å²) in [5, 5.41) is 2.43. The van der Waals surface area contributed by atoms with Crippen LogP contribution in [0.4, 0.5) is 4.79 Å². The van der Waals surface area contributed by atoms with Gasteiger partial charge < -0.3 is 10.1 Å². The summed E-state index contributed by atoms with van der Waals surface area (Å²) >= 11 is 3.73. The Labute approximate surface area is 114 Å². The number of hydrogen-bond donors (Lipinski definition) is 2. The number of thiol groups is 1. The Morgan fingerprint density at radius 2 is 2.00 bits per heavy atom. The van der Waals surface area contributed by atoms with Gasteiger partial charge in [0.15, 0.2) is 0 Å². The molecule has 0 unspecified atom stereocenters. The van der Waals surface area contributed by atoms with Crippen molar-refractivity contribution in [2.75, 3.05) is 13.7 Å². The molecule has 1 rings (SSSR count). The lowest BCUT2D eigenvalue weighted by Gasteiger charge is -2.28. The minimum absolute atomic E-state index is 0.208. The number of carbonyl (C=O) groups excluding carboxylic acids is 1. The summed E-state index contributed by atoms with van der Waals surface area (Å²) in [6.07, 6.45) is 0. The van der Waals surface area contributed by atoms with Gasteiger partial charge in [0, 0.05) is 17.5 Å². The van der Waals surface area contributed by atoms with Crippen LogP contribution in [0.15, 0.2) is 12.1 Å². The molecule has 0 atom stereocenters. The van der Waals surface area contributed by atoms with Crippen molar-refractivity contribution in [1.82, 2.24) is 5.32 Å². The molecule has 0 fully saturated rings. The Morgan fingerprint density at radius 3 is 2.50 bits per heavy atom. The van der Waals surface area contributed by atoms with E-state index in [9.17, 15) is 4.79 Å². The van der Waals surface area contributed by atoms with Crippen molar-refractivity contribution in [3.8, 4) is 5.75 Å². The van der Waals surface area contributed by atoms with E-state index >= 15 is 0 Å². The fourth-order valence-corrected chi connectivity index (χ4v) is 2.20. The quantitative estimate of drug-likeness (QED) is 0.822. The number of benzene rings is 1. The van der Waals surface area contributed by atoms with Crippen molar-refractivity contribution >= 4 is 17.9 Å². The molecule has 0 aliphatic carbocycles. The number of hydrogen-bond acceptors (Lipinski definition) is 2. The van der Waals surface area contributed by atoms with Crippen molar-refractivity contribution in [3.05, 3.63) is 28.8 Å². The Balaban J connectivity index is 3.17. The van der Waals surface area contributed by atoms with Crippen molar-refractivity contribution in [2.24, 2.45) is 0 Å². The third-order valence-electron chi connectivity index (χ3n) is 3.03. The predicted molar refractivity (Wildman–Crippen MR) is 77.9 cm³/mol. The van der Waals surface area contributed by atoms with Gasteiger partial charge in [0.2, 0.25) is 0 Å². The number of nitrogens with one attached hydrogen (secondary N) is 1. The van der Waals surface area contributed by atoms with E-state index < -0.39 is 0 Å². The number of carbonyl (C=O) groups is 1. The zero-order chi connectivity index (χ0) is 13.9. The Kier molecular flexibility index (Phi) is 4.68. The first-order valence-electron chi connectivity index (χ1n) is 5.90. The van der Waals surface area contributed by atoms with Crippen LogP contribution in [0.3, 0.4) is 0 Å². The fraction of sp³-hybridized carbons (Fsp3) is 0.500. The van der Waals surface area contributed by atoms with E-state index in [-0.39, 0.29) is 10.7 Å². The summed E-state index contributed by atoms with van der Waals surface area (Å²) in [7, 11) is 1.68. The minimum atomic E-state index is -0.314. The molecule has 0 radical (unpaired) electrons. The Bertz CT molecular complexity index is 455. The topological polar surface area (TPSA) is 38.3 Å². The highest BCUT2D eigenvalue weighted by Gasteiger charge is 2.26. The molecule has 0 bridgehead atoms. The van der Waals surface area contributed by atoms with Gasteiger partial charge in [0.1, 0.15) is 5.75 Å². The molecule has 3 nitrogen and oxygen atoms in total. The normalized spacial score (nSPS) is 11.2. The molecule has 0 saturated heterocycles. The molecule has 0 heterocycles. The zero-order valence-electron chi connectivity index (χ0n) is 11.6. The molecule has 0 saturated carbocycles. The lowest BCUT2D eigenvalue weighted by Crippen LogP contribution is -2.34. The molecule has 1 aromatic rings. The number of amides is 1. The van der Waals surface area contributed by atoms with Crippen LogP contribution in [0.2, 0.25) is 0 Å². The van der Waals surface area contributed by atoms with Gasteiger partial charge in [-0.15, -0.1) is 0 Å². The zero-order valence-corrected chi connectivity index (χ0v) is 12.5. The fourth-order valence-electron chi connectivity index (χ4n) is 2.12. The Hall–Kier alpha value is -1.16.